The van der Waals surface area contributed by atoms with Crippen molar-refractivity contribution in [3.63, 3.8) is 0 Å². The van der Waals surface area contributed by atoms with E-state index in [1.807, 2.05) is 26.8 Å². The van der Waals surface area contributed by atoms with E-state index in [9.17, 15) is 4.79 Å². The van der Waals surface area contributed by atoms with Crippen molar-refractivity contribution in [1.29, 1.82) is 0 Å². The van der Waals surface area contributed by atoms with E-state index in [-0.39, 0.29) is 6.10 Å². The molecule has 17 heavy (non-hydrogen) atoms. The van der Waals surface area contributed by atoms with Gasteiger partial charge in [0.05, 0.1) is 17.2 Å². The highest BCUT2D eigenvalue weighted by atomic mass is 32.2. The zero-order chi connectivity index (χ0) is 12.9. The lowest BCUT2D eigenvalue weighted by atomic mass is 10.2. The zero-order valence-corrected chi connectivity index (χ0v) is 11.5. The standard InChI is InChI=1S/C11H20N2O3S/c1-5-17-10-6-9(15-12-10)7-13(8-14)16-11(2,3)4/h6,8-9,12H,5,7H2,1-4H3. The summed E-state index contributed by atoms with van der Waals surface area (Å²) in [5.41, 5.74) is 2.43. The second-order valence-corrected chi connectivity index (χ2v) is 5.94. The Bertz CT molecular complexity index is 289. The van der Waals surface area contributed by atoms with Crippen LogP contribution in [0, 0.1) is 0 Å². The molecular weight excluding hydrogens is 240 g/mol. The molecule has 98 valence electrons. The lowest BCUT2D eigenvalue weighted by molar-refractivity contribution is -0.223. The van der Waals surface area contributed by atoms with Crippen molar-refractivity contribution in [3.05, 3.63) is 11.1 Å². The molecule has 1 aliphatic heterocycles. The number of hydroxylamine groups is 3. The molecule has 0 aromatic heterocycles. The van der Waals surface area contributed by atoms with Gasteiger partial charge in [-0.25, -0.2) is 5.06 Å². The van der Waals surface area contributed by atoms with Crippen molar-refractivity contribution >= 4 is 18.2 Å². The largest absolute Gasteiger partial charge is 0.276 e. The van der Waals surface area contributed by atoms with E-state index in [0.717, 1.165) is 10.8 Å². The number of thioether (sulfide) groups is 1. The third kappa shape index (κ3) is 5.43. The van der Waals surface area contributed by atoms with Crippen LogP contribution < -0.4 is 5.48 Å². The second kappa shape index (κ2) is 6.28. The number of amides is 1. The summed E-state index contributed by atoms with van der Waals surface area (Å²) in [5, 5.41) is 2.25. The van der Waals surface area contributed by atoms with Crippen LogP contribution in [0.4, 0.5) is 0 Å². The minimum Gasteiger partial charge on any atom is -0.276 e. The highest BCUT2D eigenvalue weighted by molar-refractivity contribution is 8.02. The van der Waals surface area contributed by atoms with Gasteiger partial charge in [0, 0.05) is 0 Å². The number of hydrogen-bond acceptors (Lipinski definition) is 5. The zero-order valence-electron chi connectivity index (χ0n) is 10.7. The van der Waals surface area contributed by atoms with Crippen LogP contribution >= 0.6 is 11.8 Å². The SMILES string of the molecule is CCSC1=CC(CN(C=O)OC(C)(C)C)ON1. The van der Waals surface area contributed by atoms with Gasteiger partial charge in [0.1, 0.15) is 6.10 Å². The Morgan fingerprint density at radius 1 is 1.65 bits per heavy atom. The summed E-state index contributed by atoms with van der Waals surface area (Å²) in [6, 6.07) is 0. The van der Waals surface area contributed by atoms with E-state index in [4.69, 9.17) is 9.68 Å². The number of nitrogens with zero attached hydrogens (tertiary/aromatic N) is 1. The average Bonchev–Trinajstić information content (AvgIpc) is 2.63. The molecule has 0 fully saturated rings. The summed E-state index contributed by atoms with van der Waals surface area (Å²) >= 11 is 1.67. The lowest BCUT2D eigenvalue weighted by Gasteiger charge is -2.27. The molecule has 0 aromatic carbocycles. The molecule has 0 spiro atoms. The summed E-state index contributed by atoms with van der Waals surface area (Å²) in [5.74, 6) is 0.977. The van der Waals surface area contributed by atoms with E-state index in [1.165, 1.54) is 5.06 Å². The molecule has 1 amide bonds. The van der Waals surface area contributed by atoms with Crippen molar-refractivity contribution in [2.75, 3.05) is 12.3 Å². The number of nitrogens with one attached hydrogen (secondary N) is 1. The van der Waals surface area contributed by atoms with Gasteiger partial charge in [-0.1, -0.05) is 6.92 Å². The highest BCUT2D eigenvalue weighted by Gasteiger charge is 2.22. The van der Waals surface area contributed by atoms with Gasteiger partial charge in [-0.05, 0) is 32.6 Å². The van der Waals surface area contributed by atoms with E-state index in [2.05, 4.69) is 12.4 Å². The Hall–Kier alpha value is -0.720. The van der Waals surface area contributed by atoms with Crippen LogP contribution in [0.3, 0.4) is 0 Å². The Balaban J connectivity index is 2.45. The summed E-state index contributed by atoms with van der Waals surface area (Å²) < 4.78 is 0. The van der Waals surface area contributed by atoms with E-state index >= 15 is 0 Å². The maximum Gasteiger partial charge on any atom is 0.233 e. The molecule has 1 unspecified atom stereocenters. The van der Waals surface area contributed by atoms with Gasteiger partial charge in [0.25, 0.3) is 0 Å². The number of carbonyl (C=O) groups is 1. The molecule has 5 nitrogen and oxygen atoms in total. The molecule has 0 saturated carbocycles. The van der Waals surface area contributed by atoms with Gasteiger partial charge in [-0.3, -0.25) is 19.9 Å². The predicted octanol–water partition coefficient (Wildman–Crippen LogP) is 1.67. The average molecular weight is 260 g/mol. The van der Waals surface area contributed by atoms with Gasteiger partial charge >= 0.3 is 0 Å². The van der Waals surface area contributed by atoms with Crippen LogP contribution in [-0.2, 0) is 14.5 Å². The van der Waals surface area contributed by atoms with Crippen molar-refractivity contribution in [1.82, 2.24) is 10.5 Å². The summed E-state index contributed by atoms with van der Waals surface area (Å²) in [4.78, 5) is 21.7. The minimum atomic E-state index is -0.391. The number of rotatable bonds is 6. The fraction of sp³-hybridized carbons (Fsp3) is 0.727. The predicted molar refractivity (Wildman–Crippen MR) is 67.8 cm³/mol. The first-order valence-electron chi connectivity index (χ1n) is 5.62. The first-order valence-corrected chi connectivity index (χ1v) is 6.60. The van der Waals surface area contributed by atoms with Crippen molar-refractivity contribution in [3.8, 4) is 0 Å². The Labute approximate surface area is 106 Å². The van der Waals surface area contributed by atoms with Crippen LogP contribution in [0.1, 0.15) is 27.7 Å². The molecule has 0 saturated heterocycles. The van der Waals surface area contributed by atoms with Gasteiger partial charge in [-0.2, -0.15) is 0 Å². The fourth-order valence-corrected chi connectivity index (χ4v) is 1.99. The van der Waals surface area contributed by atoms with Gasteiger partial charge in [0.15, 0.2) is 0 Å². The van der Waals surface area contributed by atoms with Crippen molar-refractivity contribution in [2.45, 2.75) is 39.4 Å². The molecular formula is C11H20N2O3S. The normalized spacial score (nSPS) is 19.8. The number of carbonyl (C=O) groups excluding carboxylic acids is 1. The Kier molecular flexibility index (Phi) is 5.30. The first kappa shape index (κ1) is 14.3. The first-order chi connectivity index (χ1) is 7.94. The van der Waals surface area contributed by atoms with Crippen LogP contribution in [0.15, 0.2) is 11.1 Å². The topological polar surface area (TPSA) is 50.8 Å². The van der Waals surface area contributed by atoms with E-state index < -0.39 is 5.60 Å². The second-order valence-electron chi connectivity index (χ2n) is 4.63. The molecule has 6 heteroatoms. The maximum atomic E-state index is 10.9. The van der Waals surface area contributed by atoms with Gasteiger partial charge in [-0.15, -0.1) is 11.8 Å². The molecule has 1 atom stereocenters. The van der Waals surface area contributed by atoms with Crippen LogP contribution in [-0.4, -0.2) is 35.5 Å². The lowest BCUT2D eigenvalue weighted by Crippen LogP contribution is -2.38. The Morgan fingerprint density at radius 2 is 2.35 bits per heavy atom. The molecule has 0 radical (unpaired) electrons. The summed E-state index contributed by atoms with van der Waals surface area (Å²) in [6.07, 6.45) is 2.46. The molecule has 0 aromatic rings. The Morgan fingerprint density at radius 3 is 2.88 bits per heavy atom. The smallest absolute Gasteiger partial charge is 0.233 e. The van der Waals surface area contributed by atoms with Gasteiger partial charge in [0.2, 0.25) is 6.41 Å². The van der Waals surface area contributed by atoms with Crippen molar-refractivity contribution in [2.24, 2.45) is 0 Å². The summed E-state index contributed by atoms with van der Waals surface area (Å²) in [7, 11) is 0. The van der Waals surface area contributed by atoms with E-state index in [1.54, 1.807) is 11.8 Å². The molecule has 1 heterocycles. The molecule has 1 aliphatic rings. The summed E-state index contributed by atoms with van der Waals surface area (Å²) in [6.45, 7) is 8.13. The molecule has 1 rings (SSSR count). The van der Waals surface area contributed by atoms with E-state index in [0.29, 0.717) is 13.0 Å². The fourth-order valence-electron chi connectivity index (χ4n) is 1.32. The number of hydrogen-bond donors (Lipinski definition) is 1. The van der Waals surface area contributed by atoms with Crippen LogP contribution in [0.2, 0.25) is 0 Å². The molecule has 0 bridgehead atoms. The minimum absolute atomic E-state index is 0.170. The van der Waals surface area contributed by atoms with Gasteiger partial charge < -0.3 is 0 Å². The van der Waals surface area contributed by atoms with Crippen LogP contribution in [0.25, 0.3) is 0 Å². The van der Waals surface area contributed by atoms with Crippen molar-refractivity contribution < 1.29 is 14.5 Å². The van der Waals surface area contributed by atoms with Crippen LogP contribution in [0.5, 0.6) is 0 Å². The molecule has 0 aliphatic carbocycles. The maximum absolute atomic E-state index is 10.9. The third-order valence-electron chi connectivity index (χ3n) is 1.82. The molecule has 1 N–H and O–H groups in total. The quantitative estimate of drug-likeness (QED) is 0.581. The monoisotopic (exact) mass is 260 g/mol. The third-order valence-corrected chi connectivity index (χ3v) is 2.64. The highest BCUT2D eigenvalue weighted by Crippen LogP contribution is 2.19.